The Balaban J connectivity index is 1.44. The number of carbonyl (C=O) groups excluding carboxylic acids is 8. The van der Waals surface area contributed by atoms with E-state index in [9.17, 15) is 38.4 Å². The number of ether oxygens (including phenoxy) is 7. The van der Waals surface area contributed by atoms with Crippen LogP contribution in [0.5, 0.6) is 0 Å². The van der Waals surface area contributed by atoms with Crippen molar-refractivity contribution in [1.29, 1.82) is 0 Å². The van der Waals surface area contributed by atoms with E-state index in [-0.39, 0.29) is 110 Å². The van der Waals surface area contributed by atoms with Gasteiger partial charge in [0, 0.05) is 44.1 Å². The SMILES string of the molecule is CCCCOC(=O)CCC(CC(=O)COCCOCCNC(=O)CCC(NC(=O)OCC1c2ccccc2-c2ccccc21)C(=O)OC(C)(C)C)C(=O)NC(CCC(=O)OCCCC)C(=O)OCCCC. The number of fused-ring (bicyclic) bond motifs is 3. The van der Waals surface area contributed by atoms with Crippen molar-refractivity contribution < 1.29 is 71.5 Å². The van der Waals surface area contributed by atoms with Gasteiger partial charge >= 0.3 is 30.0 Å². The van der Waals surface area contributed by atoms with Crippen LogP contribution in [0.25, 0.3) is 11.1 Å². The number of amides is 3. The zero-order chi connectivity index (χ0) is 52.0. The highest BCUT2D eigenvalue weighted by atomic mass is 16.6. The van der Waals surface area contributed by atoms with Gasteiger partial charge in [0.25, 0.3) is 0 Å². The van der Waals surface area contributed by atoms with Crippen molar-refractivity contribution in [3.8, 4) is 11.1 Å². The molecule has 0 saturated carbocycles. The van der Waals surface area contributed by atoms with Crippen molar-refractivity contribution in [1.82, 2.24) is 16.0 Å². The lowest BCUT2D eigenvalue weighted by atomic mass is 9.95. The zero-order valence-electron chi connectivity index (χ0n) is 42.6. The molecule has 18 heteroatoms. The number of carbonyl (C=O) groups is 8. The Kier molecular flexibility index (Phi) is 27.5. The summed E-state index contributed by atoms with van der Waals surface area (Å²) in [7, 11) is 0. The van der Waals surface area contributed by atoms with Crippen molar-refractivity contribution >= 4 is 47.6 Å². The second-order valence-corrected chi connectivity index (χ2v) is 18.4. The molecule has 0 bridgehead atoms. The molecule has 0 saturated heterocycles. The maximum atomic E-state index is 13.6. The number of ketones is 1. The maximum absolute atomic E-state index is 13.6. The van der Waals surface area contributed by atoms with E-state index in [1.54, 1.807) is 20.8 Å². The van der Waals surface area contributed by atoms with Crippen LogP contribution in [0.15, 0.2) is 48.5 Å². The monoisotopic (exact) mass is 996 g/mol. The molecule has 0 heterocycles. The Morgan fingerprint density at radius 1 is 0.592 bits per heavy atom. The van der Waals surface area contributed by atoms with Crippen molar-refractivity contribution in [2.75, 3.05) is 59.4 Å². The van der Waals surface area contributed by atoms with Crippen LogP contribution in [0.1, 0.15) is 142 Å². The van der Waals surface area contributed by atoms with Gasteiger partial charge in [-0.3, -0.25) is 24.0 Å². The van der Waals surface area contributed by atoms with Crippen LogP contribution in [-0.2, 0) is 66.7 Å². The second-order valence-electron chi connectivity index (χ2n) is 18.4. The predicted molar refractivity (Wildman–Crippen MR) is 263 cm³/mol. The first-order valence-electron chi connectivity index (χ1n) is 25.1. The highest BCUT2D eigenvalue weighted by Crippen LogP contribution is 2.44. The van der Waals surface area contributed by atoms with Crippen LogP contribution in [-0.4, -0.2) is 125 Å². The summed E-state index contributed by atoms with van der Waals surface area (Å²) in [6, 6.07) is 13.5. The Hall–Kier alpha value is -5.88. The summed E-state index contributed by atoms with van der Waals surface area (Å²) in [5.41, 5.74) is 3.39. The molecule has 3 unspecified atom stereocenters. The Morgan fingerprint density at radius 3 is 1.72 bits per heavy atom. The minimum Gasteiger partial charge on any atom is -0.466 e. The summed E-state index contributed by atoms with van der Waals surface area (Å²) in [4.78, 5) is 104. The number of unbranched alkanes of at least 4 members (excludes halogenated alkanes) is 3. The number of alkyl carbamates (subject to hydrolysis) is 1. The number of nitrogens with one attached hydrogen (secondary N) is 3. The summed E-state index contributed by atoms with van der Waals surface area (Å²) >= 11 is 0. The molecule has 2 aromatic rings. The van der Waals surface area contributed by atoms with E-state index in [0.717, 1.165) is 41.5 Å². The minimum atomic E-state index is -1.18. The minimum absolute atomic E-state index is 0.0133. The number of benzene rings is 2. The van der Waals surface area contributed by atoms with Crippen LogP contribution in [0, 0.1) is 5.92 Å². The average molecular weight is 996 g/mol. The molecule has 1 aliphatic carbocycles. The highest BCUT2D eigenvalue weighted by Gasteiger charge is 2.32. The molecule has 0 fully saturated rings. The van der Waals surface area contributed by atoms with Gasteiger partial charge < -0.3 is 49.1 Å². The van der Waals surface area contributed by atoms with E-state index in [2.05, 4.69) is 16.0 Å². The predicted octanol–water partition coefficient (Wildman–Crippen LogP) is 6.82. The van der Waals surface area contributed by atoms with E-state index >= 15 is 0 Å². The molecule has 1 aliphatic rings. The molecule has 0 spiro atoms. The van der Waals surface area contributed by atoms with Crippen LogP contribution >= 0.6 is 0 Å². The summed E-state index contributed by atoms with van der Waals surface area (Å²) in [5.74, 6) is -5.14. The van der Waals surface area contributed by atoms with Crippen LogP contribution < -0.4 is 16.0 Å². The fraction of sp³-hybridized carbons (Fsp3) is 0.623. The quantitative estimate of drug-likeness (QED) is 0.0365. The van der Waals surface area contributed by atoms with Gasteiger partial charge in [0.15, 0.2) is 5.78 Å². The lowest BCUT2D eigenvalue weighted by molar-refractivity contribution is -0.157. The summed E-state index contributed by atoms with van der Waals surface area (Å²) in [6.07, 6.45) is 2.73. The first-order chi connectivity index (χ1) is 34.1. The molecule has 3 rings (SSSR count). The summed E-state index contributed by atoms with van der Waals surface area (Å²) in [5, 5.41) is 7.95. The zero-order valence-corrected chi connectivity index (χ0v) is 42.6. The number of Topliss-reactive ketones (excluding diaryl/α,β-unsaturated/α-hetero) is 1. The van der Waals surface area contributed by atoms with Crippen LogP contribution in [0.4, 0.5) is 4.79 Å². The normalized spacial score (nSPS) is 13.1. The first kappa shape index (κ1) is 59.4. The fourth-order valence-corrected chi connectivity index (χ4v) is 7.41. The Labute approximate surface area is 418 Å². The van der Waals surface area contributed by atoms with E-state index < -0.39 is 71.2 Å². The summed E-state index contributed by atoms with van der Waals surface area (Å²) in [6.45, 7) is 11.6. The lowest BCUT2D eigenvalue weighted by Crippen LogP contribution is -2.45. The van der Waals surface area contributed by atoms with E-state index in [4.69, 9.17) is 33.2 Å². The van der Waals surface area contributed by atoms with Gasteiger partial charge in [-0.2, -0.15) is 0 Å². The largest absolute Gasteiger partial charge is 0.466 e. The van der Waals surface area contributed by atoms with Gasteiger partial charge in [0.1, 0.15) is 30.9 Å². The smallest absolute Gasteiger partial charge is 0.407 e. The van der Waals surface area contributed by atoms with Gasteiger partial charge in [0.2, 0.25) is 11.8 Å². The van der Waals surface area contributed by atoms with Crippen LogP contribution in [0.2, 0.25) is 0 Å². The molecule has 0 aliphatic heterocycles. The number of rotatable bonds is 35. The first-order valence-corrected chi connectivity index (χ1v) is 25.1. The number of hydrogen-bond donors (Lipinski definition) is 3. The third-order valence-corrected chi connectivity index (χ3v) is 11.2. The number of esters is 4. The molecule has 3 amide bonds. The van der Waals surface area contributed by atoms with Gasteiger partial charge in [-0.1, -0.05) is 88.6 Å². The molecule has 0 aromatic heterocycles. The maximum Gasteiger partial charge on any atom is 0.407 e. The molecule has 71 heavy (non-hydrogen) atoms. The Morgan fingerprint density at radius 2 is 1.13 bits per heavy atom. The Bertz CT molecular complexity index is 1970. The van der Waals surface area contributed by atoms with Crippen molar-refractivity contribution in [3.63, 3.8) is 0 Å². The van der Waals surface area contributed by atoms with E-state index in [0.29, 0.717) is 19.3 Å². The average Bonchev–Trinajstić information content (AvgIpc) is 3.65. The van der Waals surface area contributed by atoms with E-state index in [1.807, 2.05) is 69.3 Å². The van der Waals surface area contributed by atoms with Crippen LogP contribution in [0.3, 0.4) is 0 Å². The third-order valence-electron chi connectivity index (χ3n) is 11.2. The van der Waals surface area contributed by atoms with Crippen molar-refractivity contribution in [3.05, 3.63) is 59.7 Å². The van der Waals surface area contributed by atoms with Gasteiger partial charge in [0.05, 0.1) is 39.6 Å². The molecule has 394 valence electrons. The molecule has 18 nitrogen and oxygen atoms in total. The standard InChI is InChI=1S/C53H77N3O15/c1-7-10-28-67-47(59)25-21-37(49(61)55-44(50(62)69-30-12-9-3)23-26-48(60)68-29-11-8-2)34-38(57)35-66-33-32-65-31-27-54-46(58)24-22-45(51(63)71-53(4,5)6)56-52(64)70-36-43-41-19-15-13-17-39(41)40-18-14-16-20-42(40)43/h13-20,37,43-45H,7-12,21-36H2,1-6H3,(H,54,58)(H,55,61)(H,56,64). The third kappa shape index (κ3) is 23.3. The van der Waals surface area contributed by atoms with Gasteiger partial charge in [-0.05, 0) is 81.5 Å². The highest BCUT2D eigenvalue weighted by molar-refractivity contribution is 5.90. The lowest BCUT2D eigenvalue weighted by Gasteiger charge is -2.24. The molecule has 2 aromatic carbocycles. The van der Waals surface area contributed by atoms with Crippen molar-refractivity contribution in [2.24, 2.45) is 5.92 Å². The van der Waals surface area contributed by atoms with Gasteiger partial charge in [-0.15, -0.1) is 0 Å². The molecule has 3 atom stereocenters. The summed E-state index contributed by atoms with van der Waals surface area (Å²) < 4.78 is 38.0. The topological polar surface area (TPSA) is 237 Å². The van der Waals surface area contributed by atoms with Crippen molar-refractivity contribution in [2.45, 2.75) is 149 Å². The number of hydrogen-bond acceptors (Lipinski definition) is 15. The molecular weight excluding hydrogens is 919 g/mol. The second kappa shape index (κ2) is 32.9. The van der Waals surface area contributed by atoms with E-state index in [1.165, 1.54) is 0 Å². The fourth-order valence-electron chi connectivity index (χ4n) is 7.41. The molecule has 3 N–H and O–H groups in total. The molecule has 0 radical (unpaired) electrons. The molecular formula is C53H77N3O15. The van der Waals surface area contributed by atoms with Gasteiger partial charge in [-0.25, -0.2) is 14.4 Å².